The summed E-state index contributed by atoms with van der Waals surface area (Å²) < 4.78 is 0. The topological polar surface area (TPSA) is 58.4 Å². The average molecular weight is 171 g/mol. The van der Waals surface area contributed by atoms with Crippen LogP contribution in [0.3, 0.4) is 0 Å². The molecule has 1 aliphatic rings. The summed E-state index contributed by atoms with van der Waals surface area (Å²) in [5.74, 6) is 0.207. The second-order valence-electron chi connectivity index (χ2n) is 3.26. The second-order valence-corrected chi connectivity index (χ2v) is 3.26. The smallest absolute Gasteiger partial charge is 0.224 e. The van der Waals surface area contributed by atoms with Gasteiger partial charge in [-0.15, -0.1) is 0 Å². The van der Waals surface area contributed by atoms with Gasteiger partial charge in [-0.25, -0.2) is 0 Å². The van der Waals surface area contributed by atoms with Crippen molar-refractivity contribution in [3.05, 3.63) is 0 Å². The molecule has 1 heterocycles. The number of nitrogens with two attached hydrogens (primary N) is 1. The molecular weight excluding hydrogens is 154 g/mol. The number of nitrogens with one attached hydrogen (secondary N) is 1. The van der Waals surface area contributed by atoms with E-state index in [0.717, 1.165) is 26.1 Å². The summed E-state index contributed by atoms with van der Waals surface area (Å²) in [5, 5.41) is 3.05. The van der Waals surface area contributed by atoms with Crippen molar-refractivity contribution in [2.45, 2.75) is 18.9 Å². The third kappa shape index (κ3) is 2.46. The van der Waals surface area contributed by atoms with Gasteiger partial charge >= 0.3 is 0 Å². The van der Waals surface area contributed by atoms with Crippen molar-refractivity contribution in [2.24, 2.45) is 5.73 Å². The van der Waals surface area contributed by atoms with Crippen LogP contribution in [0.1, 0.15) is 12.8 Å². The summed E-state index contributed by atoms with van der Waals surface area (Å²) in [7, 11) is 1.91. The van der Waals surface area contributed by atoms with Gasteiger partial charge in [0.15, 0.2) is 0 Å². The van der Waals surface area contributed by atoms with Gasteiger partial charge in [-0.05, 0) is 20.0 Å². The molecule has 3 N–H and O–H groups in total. The fraction of sp³-hybridized carbons (Fsp3) is 0.875. The van der Waals surface area contributed by atoms with Crippen LogP contribution in [0.25, 0.3) is 0 Å². The normalized spacial score (nSPS) is 23.7. The second kappa shape index (κ2) is 4.42. The molecule has 0 aromatic carbocycles. The van der Waals surface area contributed by atoms with Gasteiger partial charge in [-0.3, -0.25) is 4.79 Å². The number of hydrogen-bond acceptors (Lipinski definition) is 3. The van der Waals surface area contributed by atoms with E-state index in [1.165, 1.54) is 0 Å². The Bertz CT molecular complexity index is 160. The predicted molar refractivity (Wildman–Crippen MR) is 47.7 cm³/mol. The van der Waals surface area contributed by atoms with Gasteiger partial charge in [-0.2, -0.15) is 0 Å². The van der Waals surface area contributed by atoms with Crippen molar-refractivity contribution in [2.75, 3.05) is 26.7 Å². The molecule has 0 aromatic heterocycles. The summed E-state index contributed by atoms with van der Waals surface area (Å²) in [6.07, 6.45) is 1.54. The number of carbonyl (C=O) groups excluding carboxylic acids is 1. The zero-order valence-electron chi connectivity index (χ0n) is 7.55. The average Bonchev–Trinajstić information content (AvgIpc) is 2.31. The molecule has 1 saturated heterocycles. The lowest BCUT2D eigenvalue weighted by Gasteiger charge is -2.15. The van der Waals surface area contributed by atoms with Gasteiger partial charge in [-0.1, -0.05) is 0 Å². The summed E-state index contributed by atoms with van der Waals surface area (Å²) in [6.45, 7) is 2.54. The molecular formula is C8H17N3O. The Balaban J connectivity index is 2.19. The van der Waals surface area contributed by atoms with Crippen LogP contribution in [-0.4, -0.2) is 43.5 Å². The zero-order valence-corrected chi connectivity index (χ0v) is 7.55. The van der Waals surface area contributed by atoms with Gasteiger partial charge in [0.25, 0.3) is 0 Å². The van der Waals surface area contributed by atoms with Crippen LogP contribution >= 0.6 is 0 Å². The minimum Gasteiger partial charge on any atom is -0.341 e. The Morgan fingerprint density at radius 2 is 2.50 bits per heavy atom. The molecule has 0 spiro atoms. The number of amides is 1. The number of nitrogens with zero attached hydrogens (tertiary/aromatic N) is 1. The summed E-state index contributed by atoms with van der Waals surface area (Å²) >= 11 is 0. The van der Waals surface area contributed by atoms with Crippen LogP contribution in [0.4, 0.5) is 0 Å². The van der Waals surface area contributed by atoms with Gasteiger partial charge < -0.3 is 16.0 Å². The van der Waals surface area contributed by atoms with E-state index in [9.17, 15) is 4.79 Å². The highest BCUT2D eigenvalue weighted by Gasteiger charge is 2.25. The van der Waals surface area contributed by atoms with Gasteiger partial charge in [0, 0.05) is 25.6 Å². The maximum absolute atomic E-state index is 11.2. The molecule has 0 bridgehead atoms. The SMILES string of the molecule is CNCCCN1CC(N)CC1=O. The van der Waals surface area contributed by atoms with Crippen LogP contribution < -0.4 is 11.1 Å². The van der Waals surface area contributed by atoms with Crippen molar-refractivity contribution in [1.82, 2.24) is 10.2 Å². The Morgan fingerprint density at radius 3 is 3.00 bits per heavy atom. The molecule has 1 aliphatic heterocycles. The maximum Gasteiger partial charge on any atom is 0.224 e. The largest absolute Gasteiger partial charge is 0.341 e. The highest BCUT2D eigenvalue weighted by atomic mass is 16.2. The molecule has 0 aliphatic carbocycles. The fourth-order valence-electron chi connectivity index (χ4n) is 1.47. The van der Waals surface area contributed by atoms with E-state index >= 15 is 0 Å². The van der Waals surface area contributed by atoms with Crippen molar-refractivity contribution in [3.63, 3.8) is 0 Å². The Kier molecular flexibility index (Phi) is 3.49. The summed E-state index contributed by atoms with van der Waals surface area (Å²) in [4.78, 5) is 13.1. The Hall–Kier alpha value is -0.610. The Labute approximate surface area is 73.1 Å². The van der Waals surface area contributed by atoms with Gasteiger partial charge in [0.05, 0.1) is 0 Å². The van der Waals surface area contributed by atoms with Crippen LogP contribution in [0.5, 0.6) is 0 Å². The third-order valence-electron chi connectivity index (χ3n) is 2.10. The van der Waals surface area contributed by atoms with E-state index in [4.69, 9.17) is 5.73 Å². The van der Waals surface area contributed by atoms with E-state index in [-0.39, 0.29) is 11.9 Å². The number of hydrogen-bond donors (Lipinski definition) is 2. The van der Waals surface area contributed by atoms with Crippen molar-refractivity contribution in [1.29, 1.82) is 0 Å². The summed E-state index contributed by atoms with van der Waals surface area (Å²) in [6, 6.07) is 0.0621. The predicted octanol–water partition coefficient (Wildman–Crippen LogP) is -0.844. The van der Waals surface area contributed by atoms with Crippen LogP contribution in [0.2, 0.25) is 0 Å². The first-order valence-corrected chi connectivity index (χ1v) is 4.42. The Morgan fingerprint density at radius 1 is 1.75 bits per heavy atom. The lowest BCUT2D eigenvalue weighted by atomic mass is 10.3. The lowest BCUT2D eigenvalue weighted by Crippen LogP contribution is -2.30. The quantitative estimate of drug-likeness (QED) is 0.542. The first kappa shape index (κ1) is 9.48. The molecule has 0 radical (unpaired) electrons. The molecule has 1 fully saturated rings. The van der Waals surface area contributed by atoms with Crippen molar-refractivity contribution >= 4 is 5.91 Å². The minimum absolute atomic E-state index is 0.0621. The molecule has 1 rings (SSSR count). The monoisotopic (exact) mass is 171 g/mol. The fourth-order valence-corrected chi connectivity index (χ4v) is 1.47. The number of carbonyl (C=O) groups is 1. The van der Waals surface area contributed by atoms with Crippen molar-refractivity contribution in [3.8, 4) is 0 Å². The van der Waals surface area contributed by atoms with E-state index < -0.39 is 0 Å². The molecule has 4 heteroatoms. The maximum atomic E-state index is 11.2. The van der Waals surface area contributed by atoms with Crippen LogP contribution in [0.15, 0.2) is 0 Å². The standard InChI is InChI=1S/C8H17N3O/c1-10-3-2-4-11-6-7(9)5-8(11)12/h7,10H,2-6,9H2,1H3. The first-order valence-electron chi connectivity index (χ1n) is 4.42. The molecule has 4 nitrogen and oxygen atoms in total. The highest BCUT2D eigenvalue weighted by Crippen LogP contribution is 2.08. The van der Waals surface area contributed by atoms with Crippen LogP contribution in [-0.2, 0) is 4.79 Å². The van der Waals surface area contributed by atoms with Gasteiger partial charge in [0.1, 0.15) is 0 Å². The molecule has 0 saturated carbocycles. The highest BCUT2D eigenvalue weighted by molar-refractivity contribution is 5.79. The minimum atomic E-state index is 0.0621. The lowest BCUT2D eigenvalue weighted by molar-refractivity contribution is -0.127. The van der Waals surface area contributed by atoms with Crippen LogP contribution in [0, 0.1) is 0 Å². The number of likely N-dealkylation sites (tertiary alicyclic amines) is 1. The molecule has 70 valence electrons. The zero-order chi connectivity index (χ0) is 8.97. The third-order valence-corrected chi connectivity index (χ3v) is 2.10. The molecule has 0 aromatic rings. The number of rotatable bonds is 4. The summed E-state index contributed by atoms with van der Waals surface area (Å²) in [5.41, 5.74) is 5.64. The van der Waals surface area contributed by atoms with Crippen molar-refractivity contribution < 1.29 is 4.79 Å². The molecule has 12 heavy (non-hydrogen) atoms. The molecule has 1 unspecified atom stereocenters. The van der Waals surface area contributed by atoms with Gasteiger partial charge in [0.2, 0.25) is 5.91 Å². The molecule has 1 amide bonds. The van der Waals surface area contributed by atoms with E-state index in [1.54, 1.807) is 0 Å². The first-order chi connectivity index (χ1) is 5.74. The van der Waals surface area contributed by atoms with E-state index in [0.29, 0.717) is 6.42 Å². The van der Waals surface area contributed by atoms with E-state index in [2.05, 4.69) is 5.32 Å². The molecule has 1 atom stereocenters. The van der Waals surface area contributed by atoms with E-state index in [1.807, 2.05) is 11.9 Å².